The van der Waals surface area contributed by atoms with E-state index in [-0.39, 0.29) is 36.2 Å². The minimum absolute atomic E-state index is 0.0540. The number of hydrogen-bond acceptors (Lipinski definition) is 4. The van der Waals surface area contributed by atoms with Gasteiger partial charge >= 0.3 is 0 Å². The number of aliphatic hydroxyl groups is 1. The van der Waals surface area contributed by atoms with Crippen molar-refractivity contribution in [2.45, 2.75) is 18.1 Å². The molecule has 0 fully saturated rings. The third kappa shape index (κ3) is 3.44. The van der Waals surface area contributed by atoms with Gasteiger partial charge in [-0.05, 0) is 30.2 Å². The lowest BCUT2D eigenvalue weighted by atomic mass is 10.1. The monoisotopic (exact) mass is 299 g/mol. The molecule has 1 aromatic carbocycles. The zero-order valence-electron chi connectivity index (χ0n) is 10.5. The van der Waals surface area contributed by atoms with E-state index < -0.39 is 10.0 Å². The largest absolute Gasteiger partial charge is 0.446 e. The van der Waals surface area contributed by atoms with Crippen LogP contribution >= 0.6 is 0 Å². The second-order valence-electron chi connectivity index (χ2n) is 4.12. The van der Waals surface area contributed by atoms with Crippen LogP contribution in [0.5, 0.6) is 0 Å². The van der Waals surface area contributed by atoms with Crippen LogP contribution in [0, 0.1) is 5.82 Å². The first-order valence-electron chi connectivity index (χ1n) is 5.95. The van der Waals surface area contributed by atoms with Gasteiger partial charge in [0.15, 0.2) is 0 Å². The Morgan fingerprint density at radius 2 is 1.95 bits per heavy atom. The molecular formula is C13H14FNO4S. The van der Waals surface area contributed by atoms with Gasteiger partial charge in [0.2, 0.25) is 5.09 Å². The third-order valence-electron chi connectivity index (χ3n) is 2.70. The highest BCUT2D eigenvalue weighted by Gasteiger charge is 2.18. The SMILES string of the molecule is O=S(=O)(NCCc1ccccc1F)c1ccc(CO)o1. The van der Waals surface area contributed by atoms with Crippen LogP contribution in [-0.4, -0.2) is 20.1 Å². The number of aliphatic hydroxyl groups excluding tert-OH is 1. The van der Waals surface area contributed by atoms with E-state index in [1.807, 2.05) is 0 Å². The minimum atomic E-state index is -3.78. The highest BCUT2D eigenvalue weighted by Crippen LogP contribution is 2.14. The van der Waals surface area contributed by atoms with Crippen LogP contribution in [0.1, 0.15) is 11.3 Å². The molecule has 2 aromatic rings. The molecule has 7 heteroatoms. The quantitative estimate of drug-likeness (QED) is 0.845. The molecule has 5 nitrogen and oxygen atoms in total. The molecular weight excluding hydrogens is 285 g/mol. The average molecular weight is 299 g/mol. The fourth-order valence-electron chi connectivity index (χ4n) is 1.68. The van der Waals surface area contributed by atoms with Crippen molar-refractivity contribution >= 4 is 10.0 Å². The summed E-state index contributed by atoms with van der Waals surface area (Å²) in [5, 5.41) is 8.55. The van der Waals surface area contributed by atoms with Gasteiger partial charge in [-0.2, -0.15) is 0 Å². The summed E-state index contributed by atoms with van der Waals surface area (Å²) in [6, 6.07) is 8.82. The summed E-state index contributed by atoms with van der Waals surface area (Å²) < 4.78 is 44.3. The van der Waals surface area contributed by atoms with Crippen molar-refractivity contribution in [1.82, 2.24) is 4.72 Å². The minimum Gasteiger partial charge on any atom is -0.446 e. The molecule has 2 N–H and O–H groups in total. The molecule has 0 saturated carbocycles. The van der Waals surface area contributed by atoms with Crippen molar-refractivity contribution in [2.75, 3.05) is 6.54 Å². The van der Waals surface area contributed by atoms with E-state index in [9.17, 15) is 12.8 Å². The summed E-state index contributed by atoms with van der Waals surface area (Å²) in [6.07, 6.45) is 0.236. The maximum atomic E-state index is 13.4. The number of nitrogens with one attached hydrogen (secondary N) is 1. The number of benzene rings is 1. The Morgan fingerprint density at radius 1 is 1.20 bits per heavy atom. The van der Waals surface area contributed by atoms with Gasteiger partial charge in [-0.15, -0.1) is 0 Å². The van der Waals surface area contributed by atoms with Crippen LogP contribution in [-0.2, 0) is 23.1 Å². The number of furan rings is 1. The van der Waals surface area contributed by atoms with Crippen molar-refractivity contribution in [1.29, 1.82) is 0 Å². The summed E-state index contributed by atoms with van der Waals surface area (Å²) in [7, 11) is -3.78. The lowest BCUT2D eigenvalue weighted by Crippen LogP contribution is -2.25. The molecule has 20 heavy (non-hydrogen) atoms. The molecule has 1 aromatic heterocycles. The Bertz CT molecular complexity index is 681. The fraction of sp³-hybridized carbons (Fsp3) is 0.231. The number of halogens is 1. The molecule has 0 saturated heterocycles. The molecule has 0 aliphatic rings. The van der Waals surface area contributed by atoms with Crippen LogP contribution in [0.15, 0.2) is 45.9 Å². The molecule has 1 heterocycles. The highest BCUT2D eigenvalue weighted by molar-refractivity contribution is 7.89. The van der Waals surface area contributed by atoms with Crippen molar-refractivity contribution in [2.24, 2.45) is 0 Å². The molecule has 0 spiro atoms. The van der Waals surface area contributed by atoms with Gasteiger partial charge in [-0.1, -0.05) is 18.2 Å². The molecule has 0 unspecified atom stereocenters. The molecule has 0 aliphatic carbocycles. The molecule has 0 amide bonds. The zero-order valence-corrected chi connectivity index (χ0v) is 11.4. The van der Waals surface area contributed by atoms with E-state index in [4.69, 9.17) is 9.52 Å². The predicted octanol–water partition coefficient (Wildman–Crippen LogP) is 1.43. The molecule has 0 radical (unpaired) electrons. The van der Waals surface area contributed by atoms with Gasteiger partial charge in [0.25, 0.3) is 10.0 Å². The second-order valence-corrected chi connectivity index (χ2v) is 5.82. The van der Waals surface area contributed by atoms with Crippen molar-refractivity contribution < 1.29 is 22.3 Å². The van der Waals surface area contributed by atoms with E-state index in [0.29, 0.717) is 5.56 Å². The number of rotatable bonds is 6. The second kappa shape index (κ2) is 6.17. The van der Waals surface area contributed by atoms with Crippen LogP contribution < -0.4 is 4.72 Å². The van der Waals surface area contributed by atoms with Gasteiger partial charge in [-0.25, -0.2) is 17.5 Å². The van der Waals surface area contributed by atoms with Gasteiger partial charge in [0.05, 0.1) is 0 Å². The van der Waals surface area contributed by atoms with Crippen LogP contribution in [0.25, 0.3) is 0 Å². The smallest absolute Gasteiger partial charge is 0.273 e. The maximum absolute atomic E-state index is 13.4. The first kappa shape index (κ1) is 14.7. The fourth-order valence-corrected chi connectivity index (χ4v) is 2.66. The summed E-state index contributed by atoms with van der Waals surface area (Å²) in [5.41, 5.74) is 0.436. The lowest BCUT2D eigenvalue weighted by molar-refractivity contribution is 0.236. The molecule has 0 atom stereocenters. The third-order valence-corrected chi connectivity index (χ3v) is 4.04. The maximum Gasteiger partial charge on any atom is 0.273 e. The Kier molecular flexibility index (Phi) is 4.53. The lowest BCUT2D eigenvalue weighted by Gasteiger charge is -2.05. The van der Waals surface area contributed by atoms with Crippen LogP contribution in [0.2, 0.25) is 0 Å². The van der Waals surface area contributed by atoms with Gasteiger partial charge < -0.3 is 9.52 Å². The first-order chi connectivity index (χ1) is 9.53. The van der Waals surface area contributed by atoms with Crippen LogP contribution in [0.4, 0.5) is 4.39 Å². The van der Waals surface area contributed by atoms with Crippen LogP contribution in [0.3, 0.4) is 0 Å². The van der Waals surface area contributed by atoms with Gasteiger partial charge in [0.1, 0.15) is 18.2 Å². The first-order valence-corrected chi connectivity index (χ1v) is 7.44. The van der Waals surface area contributed by atoms with Gasteiger partial charge in [-0.3, -0.25) is 0 Å². The van der Waals surface area contributed by atoms with E-state index in [2.05, 4.69) is 4.72 Å². The zero-order chi connectivity index (χ0) is 14.6. The number of sulfonamides is 1. The Morgan fingerprint density at radius 3 is 2.60 bits per heavy atom. The van der Waals surface area contributed by atoms with Gasteiger partial charge in [0, 0.05) is 6.54 Å². The van der Waals surface area contributed by atoms with E-state index in [1.165, 1.54) is 18.2 Å². The Labute approximate surface area is 116 Å². The summed E-state index contributed by atoms with van der Waals surface area (Å²) in [5.74, 6) is -0.202. The van der Waals surface area contributed by atoms with E-state index >= 15 is 0 Å². The normalized spacial score (nSPS) is 11.7. The summed E-state index contributed by atoms with van der Waals surface area (Å²) in [4.78, 5) is 0. The molecule has 2 rings (SSSR count). The standard InChI is InChI=1S/C13H14FNO4S/c14-12-4-2-1-3-10(12)7-8-15-20(17,18)13-6-5-11(9-16)19-13/h1-6,15-16H,7-9H2. The molecule has 108 valence electrons. The van der Waals surface area contributed by atoms with E-state index in [1.54, 1.807) is 18.2 Å². The Balaban J connectivity index is 1.98. The topological polar surface area (TPSA) is 79.5 Å². The summed E-state index contributed by atoms with van der Waals surface area (Å²) in [6.45, 7) is -0.316. The van der Waals surface area contributed by atoms with Crippen molar-refractivity contribution in [3.05, 3.63) is 53.5 Å². The highest BCUT2D eigenvalue weighted by atomic mass is 32.2. The molecule has 0 aliphatic heterocycles. The predicted molar refractivity (Wildman–Crippen MR) is 69.9 cm³/mol. The summed E-state index contributed by atoms with van der Waals surface area (Å²) >= 11 is 0. The van der Waals surface area contributed by atoms with Crippen molar-refractivity contribution in [3.63, 3.8) is 0 Å². The average Bonchev–Trinajstić information content (AvgIpc) is 2.90. The van der Waals surface area contributed by atoms with Crippen molar-refractivity contribution in [3.8, 4) is 0 Å². The number of hydrogen-bond donors (Lipinski definition) is 2. The Hall–Kier alpha value is -1.70. The molecule has 0 bridgehead atoms. The van der Waals surface area contributed by atoms with E-state index in [0.717, 1.165) is 0 Å².